The summed E-state index contributed by atoms with van der Waals surface area (Å²) in [7, 11) is 0. The van der Waals surface area contributed by atoms with Crippen LogP contribution in [0.15, 0.2) is 52.0 Å². The number of hydrazone groups is 1. The molecule has 0 saturated carbocycles. The molecule has 1 N–H and O–H groups in total. The molecule has 0 heterocycles. The van der Waals surface area contributed by atoms with Crippen molar-refractivity contribution in [2.45, 2.75) is 13.8 Å². The quantitative estimate of drug-likeness (QED) is 0.351. The molecule has 0 saturated heterocycles. The molecule has 0 aliphatic rings. The Balaban J connectivity index is 1.69. The second kappa shape index (κ2) is 11.4. The number of hydrogen-bond acceptors (Lipinski definition) is 5. The minimum atomic E-state index is -0.232. The van der Waals surface area contributed by atoms with E-state index in [0.717, 1.165) is 15.8 Å². The summed E-state index contributed by atoms with van der Waals surface area (Å²) in [6, 6.07) is 13.5. The van der Waals surface area contributed by atoms with E-state index >= 15 is 0 Å². The molecule has 7 heteroatoms. The number of benzene rings is 2. The van der Waals surface area contributed by atoms with Gasteiger partial charge in [-0.25, -0.2) is 5.43 Å². The summed E-state index contributed by atoms with van der Waals surface area (Å²) in [6.45, 7) is 5.23. The average Bonchev–Trinajstić information content (AvgIpc) is 2.63. The van der Waals surface area contributed by atoms with Crippen molar-refractivity contribution in [2.24, 2.45) is 5.10 Å². The predicted molar refractivity (Wildman–Crippen MR) is 109 cm³/mol. The maximum absolute atomic E-state index is 10.9. The number of ether oxygens (including phenoxy) is 3. The number of nitrogens with zero attached hydrogens (tertiary/aromatic N) is 1. The molecule has 0 aromatic heterocycles. The number of halogens is 1. The third-order valence-corrected chi connectivity index (χ3v) is 3.89. The van der Waals surface area contributed by atoms with E-state index in [-0.39, 0.29) is 5.91 Å². The third kappa shape index (κ3) is 8.23. The minimum absolute atomic E-state index is 0.232. The van der Waals surface area contributed by atoms with E-state index in [9.17, 15) is 4.79 Å². The Bertz CT molecular complexity index is 763. The molecule has 0 aliphatic heterocycles. The van der Waals surface area contributed by atoms with Crippen LogP contribution in [0.2, 0.25) is 0 Å². The molecule has 2 aromatic carbocycles. The number of aryl methyl sites for hydroxylation is 1. The van der Waals surface area contributed by atoms with Crippen molar-refractivity contribution < 1.29 is 19.0 Å². The lowest BCUT2D eigenvalue weighted by atomic mass is 10.2. The van der Waals surface area contributed by atoms with Crippen molar-refractivity contribution in [3.8, 4) is 11.5 Å². The lowest BCUT2D eigenvalue weighted by molar-refractivity contribution is -0.118. The zero-order chi connectivity index (χ0) is 19.5. The lowest BCUT2D eigenvalue weighted by Crippen LogP contribution is -2.13. The van der Waals surface area contributed by atoms with Gasteiger partial charge in [0.05, 0.1) is 19.4 Å². The van der Waals surface area contributed by atoms with Crippen LogP contribution in [0, 0.1) is 6.92 Å². The van der Waals surface area contributed by atoms with Gasteiger partial charge in [-0.3, -0.25) is 4.79 Å². The van der Waals surface area contributed by atoms with Gasteiger partial charge in [-0.2, -0.15) is 5.10 Å². The molecule has 0 atom stereocenters. The van der Waals surface area contributed by atoms with Gasteiger partial charge in [0.25, 0.3) is 0 Å². The molecule has 0 unspecified atom stereocenters. The number of rotatable bonds is 10. The van der Waals surface area contributed by atoms with Crippen molar-refractivity contribution in [3.63, 3.8) is 0 Å². The smallest absolute Gasteiger partial charge is 0.236 e. The van der Waals surface area contributed by atoms with Crippen LogP contribution in [0.3, 0.4) is 0 Å². The third-order valence-electron chi connectivity index (χ3n) is 3.40. The highest BCUT2D eigenvalue weighted by molar-refractivity contribution is 9.10. The first-order chi connectivity index (χ1) is 13.0. The predicted octanol–water partition coefficient (Wildman–Crippen LogP) is 3.70. The monoisotopic (exact) mass is 434 g/mol. The Hall–Kier alpha value is -2.38. The van der Waals surface area contributed by atoms with E-state index in [2.05, 4.69) is 26.5 Å². The molecule has 27 heavy (non-hydrogen) atoms. The van der Waals surface area contributed by atoms with Gasteiger partial charge in [-0.15, -0.1) is 0 Å². The van der Waals surface area contributed by atoms with Crippen LogP contribution in [0.1, 0.15) is 18.1 Å². The summed E-state index contributed by atoms with van der Waals surface area (Å²) in [5.41, 5.74) is 4.32. The summed E-state index contributed by atoms with van der Waals surface area (Å²) < 4.78 is 17.8. The number of amides is 1. The van der Waals surface area contributed by atoms with Gasteiger partial charge in [0.2, 0.25) is 5.91 Å². The molecule has 0 radical (unpaired) electrons. The zero-order valence-corrected chi connectivity index (χ0v) is 17.0. The van der Waals surface area contributed by atoms with E-state index in [1.165, 1.54) is 18.7 Å². The molecular weight excluding hydrogens is 412 g/mol. The molecule has 144 valence electrons. The van der Waals surface area contributed by atoms with Gasteiger partial charge in [-0.1, -0.05) is 33.6 Å². The summed E-state index contributed by atoms with van der Waals surface area (Å²) in [6.07, 6.45) is 1.54. The fourth-order valence-electron chi connectivity index (χ4n) is 2.11. The van der Waals surface area contributed by atoms with Gasteiger partial charge >= 0.3 is 0 Å². The largest absolute Gasteiger partial charge is 0.491 e. The highest BCUT2D eigenvalue weighted by Gasteiger charge is 2.03. The van der Waals surface area contributed by atoms with Crippen molar-refractivity contribution in [2.75, 3.05) is 26.4 Å². The van der Waals surface area contributed by atoms with E-state index in [1.807, 2.05) is 49.4 Å². The molecule has 0 aliphatic carbocycles. The van der Waals surface area contributed by atoms with Crippen LogP contribution >= 0.6 is 15.9 Å². The molecule has 1 amide bonds. The van der Waals surface area contributed by atoms with Crippen molar-refractivity contribution >= 4 is 28.1 Å². The Morgan fingerprint density at radius 1 is 1.07 bits per heavy atom. The second-order valence-corrected chi connectivity index (χ2v) is 6.65. The fraction of sp³-hybridized carbons (Fsp3) is 0.300. The van der Waals surface area contributed by atoms with Crippen molar-refractivity contribution in [3.05, 3.63) is 58.1 Å². The van der Waals surface area contributed by atoms with Crippen molar-refractivity contribution in [1.82, 2.24) is 5.43 Å². The first kappa shape index (κ1) is 20.9. The molecule has 2 rings (SSSR count). The van der Waals surface area contributed by atoms with Gasteiger partial charge in [0, 0.05) is 17.0 Å². The van der Waals surface area contributed by atoms with Gasteiger partial charge < -0.3 is 14.2 Å². The molecule has 2 aromatic rings. The maximum Gasteiger partial charge on any atom is 0.236 e. The van der Waals surface area contributed by atoms with Crippen LogP contribution in [0.4, 0.5) is 0 Å². The van der Waals surface area contributed by atoms with E-state index < -0.39 is 0 Å². The number of carbonyl (C=O) groups excluding carboxylic acids is 1. The fourth-order valence-corrected chi connectivity index (χ4v) is 2.49. The second-order valence-electron chi connectivity index (χ2n) is 5.73. The van der Waals surface area contributed by atoms with E-state index in [4.69, 9.17) is 14.2 Å². The van der Waals surface area contributed by atoms with Gasteiger partial charge in [0.1, 0.15) is 24.7 Å². The SMILES string of the molecule is CC(=O)N/N=C/c1cc(Br)ccc1OCCOCCOc1ccc(C)cc1. The van der Waals surface area contributed by atoms with E-state index in [1.54, 1.807) is 0 Å². The Morgan fingerprint density at radius 2 is 1.78 bits per heavy atom. The zero-order valence-electron chi connectivity index (χ0n) is 15.4. The first-order valence-electron chi connectivity index (χ1n) is 8.54. The number of carbonyl (C=O) groups is 1. The summed E-state index contributed by atoms with van der Waals surface area (Å²) in [4.78, 5) is 10.9. The minimum Gasteiger partial charge on any atom is -0.491 e. The lowest BCUT2D eigenvalue weighted by Gasteiger charge is -2.10. The maximum atomic E-state index is 10.9. The normalized spacial score (nSPS) is 10.8. The summed E-state index contributed by atoms with van der Waals surface area (Å²) in [5.74, 6) is 1.26. The molecule has 0 spiro atoms. The molecule has 0 fully saturated rings. The average molecular weight is 435 g/mol. The molecule has 6 nitrogen and oxygen atoms in total. The Morgan fingerprint density at radius 3 is 2.48 bits per heavy atom. The molecule has 0 bridgehead atoms. The topological polar surface area (TPSA) is 69.2 Å². The number of nitrogens with one attached hydrogen (secondary N) is 1. The van der Waals surface area contributed by atoms with Crippen LogP contribution in [-0.2, 0) is 9.53 Å². The van der Waals surface area contributed by atoms with Crippen LogP contribution < -0.4 is 14.9 Å². The Labute approximate surface area is 167 Å². The van der Waals surface area contributed by atoms with Gasteiger partial charge in [0.15, 0.2) is 0 Å². The van der Waals surface area contributed by atoms with Crippen LogP contribution in [-0.4, -0.2) is 38.5 Å². The van der Waals surface area contributed by atoms with Crippen molar-refractivity contribution in [1.29, 1.82) is 0 Å². The molecular formula is C20H23BrN2O4. The van der Waals surface area contributed by atoms with Gasteiger partial charge in [-0.05, 0) is 37.3 Å². The Kier molecular flexibility index (Phi) is 8.80. The summed E-state index contributed by atoms with van der Waals surface area (Å²) in [5, 5.41) is 3.87. The highest BCUT2D eigenvalue weighted by Crippen LogP contribution is 2.21. The number of hydrogen-bond donors (Lipinski definition) is 1. The summed E-state index contributed by atoms with van der Waals surface area (Å²) >= 11 is 3.41. The van der Waals surface area contributed by atoms with Crippen LogP contribution in [0.5, 0.6) is 11.5 Å². The standard InChI is InChI=1S/C20H23BrN2O4/c1-15-3-6-19(7-4-15)26-11-9-25-10-12-27-20-8-5-18(21)13-17(20)14-22-23-16(2)24/h3-8,13-14H,9-12H2,1-2H3,(H,23,24)/b22-14+. The van der Waals surface area contributed by atoms with Crippen LogP contribution in [0.25, 0.3) is 0 Å². The highest BCUT2D eigenvalue weighted by atomic mass is 79.9. The van der Waals surface area contributed by atoms with E-state index in [0.29, 0.717) is 32.2 Å². The first-order valence-corrected chi connectivity index (χ1v) is 9.33.